The van der Waals surface area contributed by atoms with Crippen molar-refractivity contribution in [1.82, 2.24) is 0 Å². The molecular weight excluding hydrogens is 925 g/mol. The lowest BCUT2D eigenvalue weighted by molar-refractivity contribution is -0.166. The molecule has 0 aromatic rings. The second kappa shape index (κ2) is 62.1. The molecule has 0 N–H and O–H groups in total. The highest BCUT2D eigenvalue weighted by atomic mass is 16.6. The average Bonchev–Trinajstić information content (AvgIpc) is 3.41. The van der Waals surface area contributed by atoms with Gasteiger partial charge in [-0.2, -0.15) is 0 Å². The van der Waals surface area contributed by atoms with E-state index in [1.165, 1.54) is 103 Å². The first-order chi connectivity index (χ1) is 37.0. The first kappa shape index (κ1) is 70.5. The first-order valence-corrected chi connectivity index (χ1v) is 30.7. The van der Waals surface area contributed by atoms with Crippen LogP contribution in [0.25, 0.3) is 0 Å². The fourth-order valence-electron chi connectivity index (χ4n) is 8.10. The number of ether oxygens (including phenoxy) is 3. The van der Waals surface area contributed by atoms with Crippen molar-refractivity contribution in [3.05, 3.63) is 134 Å². The Kier molecular flexibility index (Phi) is 58.4. The van der Waals surface area contributed by atoms with Crippen molar-refractivity contribution in [2.24, 2.45) is 0 Å². The van der Waals surface area contributed by atoms with Gasteiger partial charge in [0.05, 0.1) is 0 Å². The third-order valence-corrected chi connectivity index (χ3v) is 12.6. The molecule has 0 bridgehead atoms. The van der Waals surface area contributed by atoms with E-state index in [1.54, 1.807) is 0 Å². The molecule has 1 unspecified atom stereocenters. The minimum absolute atomic E-state index is 0.113. The number of allylic oxidation sites excluding steroid dienone is 22. The van der Waals surface area contributed by atoms with Gasteiger partial charge in [-0.3, -0.25) is 14.4 Å². The molecule has 75 heavy (non-hydrogen) atoms. The van der Waals surface area contributed by atoms with Crippen LogP contribution in [0.3, 0.4) is 0 Å². The van der Waals surface area contributed by atoms with Gasteiger partial charge in [0.15, 0.2) is 6.10 Å². The number of carbonyl (C=O) groups is 3. The fourth-order valence-corrected chi connectivity index (χ4v) is 8.10. The van der Waals surface area contributed by atoms with E-state index in [1.807, 2.05) is 12.2 Å². The number of hydrogen-bond donors (Lipinski definition) is 0. The fraction of sp³-hybridized carbons (Fsp3) is 0.638. The Morgan fingerprint density at radius 2 is 0.547 bits per heavy atom. The van der Waals surface area contributed by atoms with E-state index in [4.69, 9.17) is 14.2 Å². The number of carbonyl (C=O) groups excluding carboxylic acids is 3. The predicted octanol–water partition coefficient (Wildman–Crippen LogP) is 21.0. The van der Waals surface area contributed by atoms with Gasteiger partial charge < -0.3 is 14.2 Å². The Bertz CT molecular complexity index is 1620. The number of esters is 3. The van der Waals surface area contributed by atoms with Crippen LogP contribution in [0.1, 0.15) is 265 Å². The second-order valence-corrected chi connectivity index (χ2v) is 19.8. The Labute approximate surface area is 462 Å². The molecule has 1 atom stereocenters. The van der Waals surface area contributed by atoms with Crippen molar-refractivity contribution in [3.8, 4) is 0 Å². The van der Waals surface area contributed by atoms with Crippen LogP contribution in [0.15, 0.2) is 134 Å². The van der Waals surface area contributed by atoms with Gasteiger partial charge in [-0.05, 0) is 122 Å². The summed E-state index contributed by atoms with van der Waals surface area (Å²) in [4.78, 5) is 38.1. The number of unbranched alkanes of at least 4 members (excludes halogenated alkanes) is 21. The van der Waals surface area contributed by atoms with E-state index >= 15 is 0 Å². The molecule has 0 fully saturated rings. The molecule has 0 amide bonds. The van der Waals surface area contributed by atoms with E-state index in [2.05, 4.69) is 142 Å². The van der Waals surface area contributed by atoms with E-state index in [0.717, 1.165) is 116 Å². The Morgan fingerprint density at radius 3 is 0.880 bits per heavy atom. The molecule has 0 aliphatic carbocycles. The summed E-state index contributed by atoms with van der Waals surface area (Å²) < 4.78 is 16.8. The summed E-state index contributed by atoms with van der Waals surface area (Å²) in [5.41, 5.74) is 0. The zero-order chi connectivity index (χ0) is 54.3. The average molecular weight is 1040 g/mol. The van der Waals surface area contributed by atoms with E-state index in [-0.39, 0.29) is 31.6 Å². The third-order valence-electron chi connectivity index (χ3n) is 12.6. The Balaban J connectivity index is 4.26. The van der Waals surface area contributed by atoms with Crippen molar-refractivity contribution in [1.29, 1.82) is 0 Å². The van der Waals surface area contributed by atoms with E-state index in [9.17, 15) is 14.4 Å². The molecule has 0 aromatic carbocycles. The molecule has 0 spiro atoms. The lowest BCUT2D eigenvalue weighted by atomic mass is 10.0. The molecule has 6 heteroatoms. The lowest BCUT2D eigenvalue weighted by Crippen LogP contribution is -2.30. The second-order valence-electron chi connectivity index (χ2n) is 19.8. The van der Waals surface area contributed by atoms with E-state index < -0.39 is 12.1 Å². The largest absolute Gasteiger partial charge is 0.462 e. The monoisotopic (exact) mass is 1040 g/mol. The zero-order valence-electron chi connectivity index (χ0n) is 48.5. The summed E-state index contributed by atoms with van der Waals surface area (Å²) in [5.74, 6) is -1.01. The molecule has 0 saturated carbocycles. The maximum Gasteiger partial charge on any atom is 0.306 e. The molecule has 0 radical (unpaired) electrons. The maximum atomic E-state index is 12.8. The summed E-state index contributed by atoms with van der Waals surface area (Å²) in [6.45, 7) is 6.32. The number of rotatable bonds is 54. The van der Waals surface area contributed by atoms with Gasteiger partial charge >= 0.3 is 17.9 Å². The molecule has 0 aromatic heterocycles. The molecule has 6 nitrogen and oxygen atoms in total. The van der Waals surface area contributed by atoms with Gasteiger partial charge in [0, 0.05) is 19.3 Å². The minimum Gasteiger partial charge on any atom is -0.462 e. The highest BCUT2D eigenvalue weighted by Gasteiger charge is 2.19. The van der Waals surface area contributed by atoms with Gasteiger partial charge in [0.1, 0.15) is 13.2 Å². The van der Waals surface area contributed by atoms with Crippen LogP contribution in [0.5, 0.6) is 0 Å². The topological polar surface area (TPSA) is 78.9 Å². The van der Waals surface area contributed by atoms with Crippen molar-refractivity contribution in [2.75, 3.05) is 13.2 Å². The Morgan fingerprint density at radius 1 is 0.280 bits per heavy atom. The van der Waals surface area contributed by atoms with E-state index in [0.29, 0.717) is 19.3 Å². The molecule has 0 aliphatic rings. The lowest BCUT2D eigenvalue weighted by Gasteiger charge is -2.18. The first-order valence-electron chi connectivity index (χ1n) is 30.7. The molecule has 424 valence electrons. The van der Waals surface area contributed by atoms with Crippen molar-refractivity contribution in [3.63, 3.8) is 0 Å². The van der Waals surface area contributed by atoms with Crippen molar-refractivity contribution < 1.29 is 28.6 Å². The quantitative estimate of drug-likeness (QED) is 0.0261. The van der Waals surface area contributed by atoms with Crippen LogP contribution in [-0.2, 0) is 28.6 Å². The van der Waals surface area contributed by atoms with Crippen LogP contribution in [0.4, 0.5) is 0 Å². The van der Waals surface area contributed by atoms with Crippen LogP contribution in [-0.4, -0.2) is 37.2 Å². The van der Waals surface area contributed by atoms with Gasteiger partial charge in [-0.1, -0.05) is 257 Å². The molecule has 0 rings (SSSR count). The third kappa shape index (κ3) is 60.3. The molecule has 0 aliphatic heterocycles. The SMILES string of the molecule is CC/C=C\C/C=C\C/C=C\C/C=C\C/C=C\C/C=C\CCCCCCCCCCCCCCC(=O)OCC(COC(=O)CCCCCCC/C=C\CCCCCC)OC(=O)CC/C=C\C/C=C\C/C=C\C/C=C\CC. The summed E-state index contributed by atoms with van der Waals surface area (Å²) >= 11 is 0. The molecular formula is C69H112O6. The van der Waals surface area contributed by atoms with Crippen molar-refractivity contribution >= 4 is 17.9 Å². The Hall–Kier alpha value is -4.45. The zero-order valence-corrected chi connectivity index (χ0v) is 48.5. The molecule has 0 heterocycles. The van der Waals surface area contributed by atoms with Crippen LogP contribution in [0.2, 0.25) is 0 Å². The minimum atomic E-state index is -0.823. The van der Waals surface area contributed by atoms with Gasteiger partial charge in [-0.25, -0.2) is 0 Å². The predicted molar refractivity (Wildman–Crippen MR) is 325 cm³/mol. The summed E-state index contributed by atoms with van der Waals surface area (Å²) in [6.07, 6.45) is 87.6. The highest BCUT2D eigenvalue weighted by molar-refractivity contribution is 5.71. The maximum absolute atomic E-state index is 12.8. The molecule has 0 saturated heterocycles. The summed E-state index contributed by atoms with van der Waals surface area (Å²) in [6, 6.07) is 0. The van der Waals surface area contributed by atoms with Crippen molar-refractivity contribution in [2.45, 2.75) is 271 Å². The normalized spacial score (nSPS) is 13.1. The van der Waals surface area contributed by atoms with Gasteiger partial charge in [0.25, 0.3) is 0 Å². The van der Waals surface area contributed by atoms with Crippen LogP contribution in [0, 0.1) is 0 Å². The van der Waals surface area contributed by atoms with Crippen LogP contribution >= 0.6 is 0 Å². The highest BCUT2D eigenvalue weighted by Crippen LogP contribution is 2.15. The standard InChI is InChI=1S/C69H112O6/c1-4-7-10-13-16-19-22-25-26-27-28-29-30-31-32-33-34-35-36-37-38-39-40-41-42-45-47-50-53-56-59-62-68(71)74-65-66(75-69(72)63-60-57-54-51-48-44-24-21-18-15-12-9-6-3)64-73-67(70)61-58-55-52-49-46-43-23-20-17-14-11-8-5-2/h7,9-10,12,16,18-21,23,25-26,28-29,31-32,34-35,44,48,54,57,66H,4-6,8,11,13-15,17,22,24,27,30,33,36-43,45-47,49-53,55-56,58-65H2,1-3H3/b10-7-,12-9-,19-16-,21-18-,23-20-,26-25-,29-28-,32-31-,35-34-,48-44-,57-54-. The smallest absolute Gasteiger partial charge is 0.306 e. The number of hydrogen-bond acceptors (Lipinski definition) is 6. The van der Waals surface area contributed by atoms with Crippen LogP contribution < -0.4 is 0 Å². The summed E-state index contributed by atoms with van der Waals surface area (Å²) in [7, 11) is 0. The van der Waals surface area contributed by atoms with Gasteiger partial charge in [0.2, 0.25) is 0 Å². The summed E-state index contributed by atoms with van der Waals surface area (Å²) in [5, 5.41) is 0. The van der Waals surface area contributed by atoms with Gasteiger partial charge in [-0.15, -0.1) is 0 Å².